The average molecular weight is 241 g/mol. The van der Waals surface area contributed by atoms with E-state index in [0.29, 0.717) is 17.1 Å². The molecule has 0 saturated carbocycles. The third kappa shape index (κ3) is 3.53. The normalized spacial score (nSPS) is 11.7. The van der Waals surface area contributed by atoms with Crippen molar-refractivity contribution in [2.24, 2.45) is 5.73 Å². The molecule has 17 heavy (non-hydrogen) atoms. The van der Waals surface area contributed by atoms with Gasteiger partial charge in [-0.15, -0.1) is 0 Å². The van der Waals surface area contributed by atoms with E-state index in [1.807, 2.05) is 0 Å². The molecule has 0 saturated heterocycles. The number of carbonyl (C=O) groups is 1. The summed E-state index contributed by atoms with van der Waals surface area (Å²) >= 11 is 0. The summed E-state index contributed by atoms with van der Waals surface area (Å²) in [6, 6.07) is 4.91. The summed E-state index contributed by atoms with van der Waals surface area (Å²) in [6.45, 7) is -0.204. The molecular formula is C11H15NO5. The summed E-state index contributed by atoms with van der Waals surface area (Å²) in [4.78, 5) is 10.4. The Kier molecular flexibility index (Phi) is 4.59. The summed E-state index contributed by atoms with van der Waals surface area (Å²) in [6.07, 6.45) is -1.88. The smallest absolute Gasteiger partial charge is 0.404 e. The molecule has 0 aliphatic carbocycles. The van der Waals surface area contributed by atoms with Crippen LogP contribution in [0.2, 0.25) is 0 Å². The van der Waals surface area contributed by atoms with Gasteiger partial charge in [-0.2, -0.15) is 0 Å². The van der Waals surface area contributed by atoms with Crippen molar-refractivity contribution in [3.8, 4) is 11.5 Å². The summed E-state index contributed by atoms with van der Waals surface area (Å²) in [5.41, 5.74) is 5.35. The molecule has 0 radical (unpaired) electrons. The Morgan fingerprint density at radius 3 is 2.53 bits per heavy atom. The zero-order chi connectivity index (χ0) is 12.8. The number of hydrogen-bond donors (Lipinski definition) is 2. The maximum atomic E-state index is 10.4. The van der Waals surface area contributed by atoms with Gasteiger partial charge in [0.25, 0.3) is 0 Å². The van der Waals surface area contributed by atoms with E-state index in [2.05, 4.69) is 4.74 Å². The third-order valence-electron chi connectivity index (χ3n) is 2.18. The Labute approximate surface area is 98.9 Å². The highest BCUT2D eigenvalue weighted by Crippen LogP contribution is 2.29. The molecule has 0 spiro atoms. The minimum Gasteiger partial charge on any atom is -0.493 e. The number of ether oxygens (including phenoxy) is 3. The van der Waals surface area contributed by atoms with Gasteiger partial charge in [0.15, 0.2) is 11.5 Å². The van der Waals surface area contributed by atoms with E-state index < -0.39 is 12.2 Å². The van der Waals surface area contributed by atoms with E-state index in [-0.39, 0.29) is 6.61 Å². The SMILES string of the molecule is COc1ccc(C(O)COC(N)=O)cc1OC. The topological polar surface area (TPSA) is 91.0 Å². The molecule has 1 amide bonds. The van der Waals surface area contributed by atoms with Crippen LogP contribution >= 0.6 is 0 Å². The second kappa shape index (κ2) is 5.95. The second-order valence-electron chi connectivity index (χ2n) is 3.26. The van der Waals surface area contributed by atoms with Gasteiger partial charge in [-0.1, -0.05) is 6.07 Å². The van der Waals surface area contributed by atoms with Crippen LogP contribution in [0, 0.1) is 0 Å². The van der Waals surface area contributed by atoms with Crippen LogP contribution in [0.5, 0.6) is 11.5 Å². The average Bonchev–Trinajstić information content (AvgIpc) is 2.34. The Morgan fingerprint density at radius 1 is 1.35 bits per heavy atom. The van der Waals surface area contributed by atoms with Crippen LogP contribution < -0.4 is 15.2 Å². The van der Waals surface area contributed by atoms with E-state index in [9.17, 15) is 9.90 Å². The Morgan fingerprint density at radius 2 is 2.00 bits per heavy atom. The number of aliphatic hydroxyl groups is 1. The molecule has 0 bridgehead atoms. The number of aliphatic hydroxyl groups excluding tert-OH is 1. The molecule has 1 aromatic rings. The van der Waals surface area contributed by atoms with Crippen LogP contribution in [0.3, 0.4) is 0 Å². The number of amides is 1. The molecule has 0 aliphatic rings. The highest BCUT2D eigenvalue weighted by molar-refractivity contribution is 5.64. The molecule has 6 heteroatoms. The van der Waals surface area contributed by atoms with Crippen molar-refractivity contribution in [3.05, 3.63) is 23.8 Å². The lowest BCUT2D eigenvalue weighted by molar-refractivity contribution is 0.0727. The number of methoxy groups -OCH3 is 2. The van der Waals surface area contributed by atoms with Gasteiger partial charge in [0.05, 0.1) is 14.2 Å². The molecule has 1 aromatic carbocycles. The highest BCUT2D eigenvalue weighted by atomic mass is 16.6. The number of hydrogen-bond acceptors (Lipinski definition) is 5. The minimum absolute atomic E-state index is 0.204. The number of benzene rings is 1. The molecule has 0 heterocycles. The van der Waals surface area contributed by atoms with Crippen LogP contribution in [0.1, 0.15) is 11.7 Å². The second-order valence-corrected chi connectivity index (χ2v) is 3.26. The van der Waals surface area contributed by atoms with Gasteiger partial charge in [-0.3, -0.25) is 0 Å². The summed E-state index contributed by atoms with van der Waals surface area (Å²) in [5, 5.41) is 9.72. The Hall–Kier alpha value is -1.95. The van der Waals surface area contributed by atoms with Gasteiger partial charge in [-0.05, 0) is 17.7 Å². The summed E-state index contributed by atoms with van der Waals surface area (Å²) in [7, 11) is 3.01. The van der Waals surface area contributed by atoms with E-state index in [1.54, 1.807) is 18.2 Å². The fourth-order valence-electron chi connectivity index (χ4n) is 1.32. The van der Waals surface area contributed by atoms with Crippen molar-refractivity contribution >= 4 is 6.09 Å². The molecule has 1 atom stereocenters. The fourth-order valence-corrected chi connectivity index (χ4v) is 1.32. The lowest BCUT2D eigenvalue weighted by atomic mass is 10.1. The summed E-state index contributed by atoms with van der Waals surface area (Å²) < 4.78 is 14.6. The molecule has 1 unspecified atom stereocenters. The Bertz CT molecular complexity index is 393. The van der Waals surface area contributed by atoms with Gasteiger partial charge in [0.1, 0.15) is 12.7 Å². The van der Waals surface area contributed by atoms with Crippen molar-refractivity contribution < 1.29 is 24.1 Å². The molecular weight excluding hydrogens is 226 g/mol. The quantitative estimate of drug-likeness (QED) is 0.796. The maximum Gasteiger partial charge on any atom is 0.404 e. The first kappa shape index (κ1) is 13.1. The minimum atomic E-state index is -0.956. The van der Waals surface area contributed by atoms with Crippen molar-refractivity contribution in [1.29, 1.82) is 0 Å². The van der Waals surface area contributed by atoms with Crippen molar-refractivity contribution in [3.63, 3.8) is 0 Å². The first-order valence-corrected chi connectivity index (χ1v) is 4.90. The van der Waals surface area contributed by atoms with E-state index in [0.717, 1.165) is 0 Å². The Balaban J connectivity index is 2.80. The molecule has 94 valence electrons. The van der Waals surface area contributed by atoms with E-state index in [4.69, 9.17) is 15.2 Å². The van der Waals surface area contributed by atoms with Crippen LogP contribution in [0.15, 0.2) is 18.2 Å². The number of rotatable bonds is 5. The van der Waals surface area contributed by atoms with Crippen LogP contribution in [0.25, 0.3) is 0 Å². The zero-order valence-corrected chi connectivity index (χ0v) is 9.67. The van der Waals surface area contributed by atoms with E-state index >= 15 is 0 Å². The van der Waals surface area contributed by atoms with Gasteiger partial charge in [0, 0.05) is 0 Å². The first-order valence-electron chi connectivity index (χ1n) is 4.90. The van der Waals surface area contributed by atoms with Crippen molar-refractivity contribution in [2.75, 3.05) is 20.8 Å². The van der Waals surface area contributed by atoms with Crippen molar-refractivity contribution in [2.45, 2.75) is 6.10 Å². The maximum absolute atomic E-state index is 10.4. The molecule has 1 rings (SSSR count). The predicted octanol–water partition coefficient (Wildman–Crippen LogP) is 0.833. The largest absolute Gasteiger partial charge is 0.493 e. The van der Waals surface area contributed by atoms with Gasteiger partial charge in [-0.25, -0.2) is 4.79 Å². The van der Waals surface area contributed by atoms with Crippen LogP contribution in [-0.2, 0) is 4.74 Å². The molecule has 6 nitrogen and oxygen atoms in total. The van der Waals surface area contributed by atoms with Gasteiger partial charge >= 0.3 is 6.09 Å². The van der Waals surface area contributed by atoms with Crippen molar-refractivity contribution in [1.82, 2.24) is 0 Å². The highest BCUT2D eigenvalue weighted by Gasteiger charge is 2.13. The lowest BCUT2D eigenvalue weighted by Crippen LogP contribution is -2.17. The summed E-state index contributed by atoms with van der Waals surface area (Å²) in [5.74, 6) is 1.04. The van der Waals surface area contributed by atoms with E-state index in [1.165, 1.54) is 14.2 Å². The molecule has 0 fully saturated rings. The number of nitrogens with two attached hydrogens (primary N) is 1. The lowest BCUT2D eigenvalue weighted by Gasteiger charge is -2.13. The molecule has 0 aromatic heterocycles. The molecule has 3 N–H and O–H groups in total. The first-order chi connectivity index (χ1) is 8.08. The molecule has 0 aliphatic heterocycles. The van der Waals surface area contributed by atoms with Gasteiger partial charge < -0.3 is 25.1 Å². The number of carbonyl (C=O) groups excluding carboxylic acids is 1. The predicted molar refractivity (Wildman–Crippen MR) is 60.0 cm³/mol. The zero-order valence-electron chi connectivity index (χ0n) is 9.67. The third-order valence-corrected chi connectivity index (χ3v) is 2.18. The monoisotopic (exact) mass is 241 g/mol. The van der Waals surface area contributed by atoms with Crippen LogP contribution in [0.4, 0.5) is 4.79 Å². The van der Waals surface area contributed by atoms with Crippen LogP contribution in [-0.4, -0.2) is 32.0 Å². The number of primary amides is 1. The van der Waals surface area contributed by atoms with Gasteiger partial charge in [0.2, 0.25) is 0 Å². The fraction of sp³-hybridized carbons (Fsp3) is 0.364. The standard InChI is InChI=1S/C11H15NO5/c1-15-9-4-3-7(5-10(9)16-2)8(13)6-17-11(12)14/h3-5,8,13H,6H2,1-2H3,(H2,12,14).